The standard InChI is InChI=1S/C25H38O5/c1-2-3-4-5-6-9-19(26)11-12-20-21-13-17-8-7-10-24(30-16-25(28)29)22(17)14-18(21)15-23(20)27/h7-8,10,18-21,23,26-27H,2-6,9,11-16H2,1H3,(H,28,29)/t18-,19-,20+,21-,23+/m0/s1. The summed E-state index contributed by atoms with van der Waals surface area (Å²) in [7, 11) is 0. The second-order valence-corrected chi connectivity index (χ2v) is 9.31. The number of unbranched alkanes of at least 4 members (excludes halogenated alkanes) is 4. The molecule has 0 bridgehead atoms. The van der Waals surface area contributed by atoms with Gasteiger partial charge in [-0.25, -0.2) is 4.79 Å². The minimum Gasteiger partial charge on any atom is -0.482 e. The van der Waals surface area contributed by atoms with E-state index in [9.17, 15) is 15.0 Å². The van der Waals surface area contributed by atoms with Crippen LogP contribution < -0.4 is 4.74 Å². The third-order valence-corrected chi connectivity index (χ3v) is 7.17. The van der Waals surface area contributed by atoms with Crippen molar-refractivity contribution in [1.82, 2.24) is 0 Å². The van der Waals surface area contributed by atoms with Gasteiger partial charge in [-0.1, -0.05) is 51.2 Å². The number of hydrogen-bond donors (Lipinski definition) is 3. The Bertz CT molecular complexity index is 688. The molecule has 5 nitrogen and oxygen atoms in total. The van der Waals surface area contributed by atoms with E-state index in [0.717, 1.165) is 50.5 Å². The number of aliphatic carboxylic acids is 1. The van der Waals surface area contributed by atoms with Crippen molar-refractivity contribution in [2.45, 2.75) is 89.8 Å². The van der Waals surface area contributed by atoms with Crippen LogP contribution in [-0.4, -0.2) is 40.1 Å². The Labute approximate surface area is 180 Å². The highest BCUT2D eigenvalue weighted by molar-refractivity contribution is 5.68. The van der Waals surface area contributed by atoms with Gasteiger partial charge in [0.15, 0.2) is 6.61 Å². The lowest BCUT2D eigenvalue weighted by Gasteiger charge is -2.32. The van der Waals surface area contributed by atoms with Gasteiger partial charge < -0.3 is 20.1 Å². The highest BCUT2D eigenvalue weighted by Crippen LogP contribution is 2.48. The average molecular weight is 419 g/mol. The van der Waals surface area contributed by atoms with Gasteiger partial charge in [0, 0.05) is 0 Å². The van der Waals surface area contributed by atoms with Gasteiger partial charge in [0.2, 0.25) is 0 Å². The fraction of sp³-hybridized carbons (Fsp3) is 0.720. The summed E-state index contributed by atoms with van der Waals surface area (Å²) in [5.74, 6) is 0.769. The number of aliphatic hydroxyl groups excluding tert-OH is 2. The molecule has 0 aromatic heterocycles. The van der Waals surface area contributed by atoms with Gasteiger partial charge in [0.1, 0.15) is 5.75 Å². The molecule has 0 aliphatic heterocycles. The lowest BCUT2D eigenvalue weighted by molar-refractivity contribution is -0.139. The van der Waals surface area contributed by atoms with Crippen LogP contribution in [0.3, 0.4) is 0 Å². The molecule has 30 heavy (non-hydrogen) atoms. The highest BCUT2D eigenvalue weighted by atomic mass is 16.5. The largest absolute Gasteiger partial charge is 0.482 e. The van der Waals surface area contributed by atoms with Gasteiger partial charge in [-0.15, -0.1) is 0 Å². The molecule has 2 aliphatic carbocycles. The number of benzene rings is 1. The number of carboxylic acid groups (broad SMARTS) is 1. The van der Waals surface area contributed by atoms with Crippen molar-refractivity contribution in [3.63, 3.8) is 0 Å². The van der Waals surface area contributed by atoms with Crippen LogP contribution in [0.15, 0.2) is 18.2 Å². The van der Waals surface area contributed by atoms with E-state index in [1.165, 1.54) is 31.2 Å². The van der Waals surface area contributed by atoms with Crippen molar-refractivity contribution < 1.29 is 24.9 Å². The van der Waals surface area contributed by atoms with E-state index in [1.54, 1.807) is 0 Å². The van der Waals surface area contributed by atoms with Gasteiger partial charge in [-0.3, -0.25) is 0 Å². The first-order chi connectivity index (χ1) is 14.5. The quantitative estimate of drug-likeness (QED) is 0.439. The number of aliphatic hydroxyl groups is 2. The molecule has 0 heterocycles. The minimum absolute atomic E-state index is 0.237. The Balaban J connectivity index is 1.54. The molecule has 168 valence electrons. The van der Waals surface area contributed by atoms with Crippen molar-refractivity contribution in [2.24, 2.45) is 17.8 Å². The summed E-state index contributed by atoms with van der Waals surface area (Å²) in [6.07, 6.45) is 10.5. The molecule has 5 atom stereocenters. The first kappa shape index (κ1) is 23.1. The van der Waals surface area contributed by atoms with Crippen LogP contribution in [0, 0.1) is 17.8 Å². The fourth-order valence-corrected chi connectivity index (χ4v) is 5.59. The van der Waals surface area contributed by atoms with Crippen LogP contribution in [0.1, 0.15) is 75.8 Å². The summed E-state index contributed by atoms with van der Waals surface area (Å²) in [6, 6.07) is 5.88. The highest BCUT2D eigenvalue weighted by Gasteiger charge is 2.44. The number of carboxylic acids is 1. The molecule has 1 aromatic carbocycles. The van der Waals surface area contributed by atoms with Crippen molar-refractivity contribution in [3.8, 4) is 5.75 Å². The lowest BCUT2D eigenvalue weighted by atomic mass is 9.73. The van der Waals surface area contributed by atoms with Crippen LogP contribution in [-0.2, 0) is 17.6 Å². The SMILES string of the molecule is CCCCCCC[C@H](O)CC[C@@H]1[C@H]2Cc3cccc(OCC(=O)O)c3C[C@H]2C[C@H]1O. The van der Waals surface area contributed by atoms with Crippen molar-refractivity contribution >= 4 is 5.97 Å². The molecule has 0 unspecified atom stereocenters. The second-order valence-electron chi connectivity index (χ2n) is 9.31. The smallest absolute Gasteiger partial charge is 0.341 e. The summed E-state index contributed by atoms with van der Waals surface area (Å²) in [5.41, 5.74) is 2.33. The normalized spacial score (nSPS) is 26.1. The van der Waals surface area contributed by atoms with E-state index < -0.39 is 5.97 Å². The molecule has 1 fully saturated rings. The molecule has 0 saturated heterocycles. The number of hydrogen-bond acceptors (Lipinski definition) is 4. The molecule has 5 heteroatoms. The van der Waals surface area contributed by atoms with E-state index in [0.29, 0.717) is 17.6 Å². The van der Waals surface area contributed by atoms with Crippen molar-refractivity contribution in [1.29, 1.82) is 0 Å². The monoisotopic (exact) mass is 418 g/mol. The van der Waals surface area contributed by atoms with Crippen LogP contribution in [0.25, 0.3) is 0 Å². The Morgan fingerprint density at radius 1 is 1.17 bits per heavy atom. The van der Waals surface area contributed by atoms with Crippen molar-refractivity contribution in [3.05, 3.63) is 29.3 Å². The van der Waals surface area contributed by atoms with E-state index >= 15 is 0 Å². The molecular formula is C25H38O5. The maximum Gasteiger partial charge on any atom is 0.341 e. The molecular weight excluding hydrogens is 380 g/mol. The third kappa shape index (κ3) is 5.98. The van der Waals surface area contributed by atoms with Gasteiger partial charge >= 0.3 is 5.97 Å². The second kappa shape index (κ2) is 11.1. The first-order valence-corrected chi connectivity index (χ1v) is 11.8. The third-order valence-electron chi connectivity index (χ3n) is 7.17. The van der Waals surface area contributed by atoms with Crippen LogP contribution in [0.2, 0.25) is 0 Å². The number of rotatable bonds is 12. The van der Waals surface area contributed by atoms with Crippen molar-refractivity contribution in [2.75, 3.05) is 6.61 Å². The number of ether oxygens (including phenoxy) is 1. The molecule has 1 saturated carbocycles. The molecule has 1 aromatic rings. The van der Waals surface area contributed by atoms with Crippen LogP contribution in [0.4, 0.5) is 0 Å². The van der Waals surface area contributed by atoms with E-state index in [4.69, 9.17) is 9.84 Å². The van der Waals surface area contributed by atoms with Crippen LogP contribution >= 0.6 is 0 Å². The maximum absolute atomic E-state index is 10.9. The van der Waals surface area contributed by atoms with Gasteiger partial charge in [0.05, 0.1) is 12.2 Å². The number of fused-ring (bicyclic) bond motifs is 2. The molecule has 2 aliphatic rings. The zero-order chi connectivity index (χ0) is 21.5. The van der Waals surface area contributed by atoms with E-state index in [1.807, 2.05) is 12.1 Å². The predicted molar refractivity (Wildman–Crippen MR) is 117 cm³/mol. The Morgan fingerprint density at radius 3 is 2.73 bits per heavy atom. The average Bonchev–Trinajstić information content (AvgIpc) is 3.02. The van der Waals surface area contributed by atoms with E-state index in [-0.39, 0.29) is 24.7 Å². The Hall–Kier alpha value is -1.59. The molecule has 3 rings (SSSR count). The summed E-state index contributed by atoms with van der Waals surface area (Å²) >= 11 is 0. The molecule has 0 amide bonds. The zero-order valence-electron chi connectivity index (χ0n) is 18.3. The topological polar surface area (TPSA) is 87.0 Å². The molecule has 3 N–H and O–H groups in total. The first-order valence-electron chi connectivity index (χ1n) is 11.8. The summed E-state index contributed by atoms with van der Waals surface area (Å²) < 4.78 is 5.51. The maximum atomic E-state index is 10.9. The Kier molecular flexibility index (Phi) is 8.58. The van der Waals surface area contributed by atoms with E-state index in [2.05, 4.69) is 13.0 Å². The summed E-state index contributed by atoms with van der Waals surface area (Å²) in [4.78, 5) is 10.9. The summed E-state index contributed by atoms with van der Waals surface area (Å²) in [6.45, 7) is 1.88. The molecule has 0 spiro atoms. The van der Waals surface area contributed by atoms with Crippen LogP contribution in [0.5, 0.6) is 5.75 Å². The Morgan fingerprint density at radius 2 is 1.97 bits per heavy atom. The zero-order valence-corrected chi connectivity index (χ0v) is 18.3. The van der Waals surface area contributed by atoms with Gasteiger partial charge in [0.25, 0.3) is 0 Å². The molecule has 0 radical (unpaired) electrons. The predicted octanol–water partition coefficient (Wildman–Crippen LogP) is 4.36. The summed E-state index contributed by atoms with van der Waals surface area (Å²) in [5, 5.41) is 30.1. The van der Waals surface area contributed by atoms with Gasteiger partial charge in [-0.2, -0.15) is 0 Å². The minimum atomic E-state index is -0.971. The number of carbonyl (C=O) groups is 1. The lowest BCUT2D eigenvalue weighted by Crippen LogP contribution is -2.28. The van der Waals surface area contributed by atoms with Gasteiger partial charge in [-0.05, 0) is 73.5 Å². The fourth-order valence-electron chi connectivity index (χ4n) is 5.59.